The van der Waals surface area contributed by atoms with Gasteiger partial charge in [-0.2, -0.15) is 0 Å². The molecule has 0 saturated carbocycles. The van der Waals surface area contributed by atoms with Crippen LogP contribution in [0.3, 0.4) is 0 Å². The number of hydrogen-bond donors (Lipinski definition) is 3. The molecule has 0 aliphatic heterocycles. The van der Waals surface area contributed by atoms with E-state index >= 15 is 0 Å². The van der Waals surface area contributed by atoms with Crippen LogP contribution in [-0.4, -0.2) is 16.4 Å². The molecule has 0 unspecified atom stereocenters. The van der Waals surface area contributed by atoms with Gasteiger partial charge in [0.15, 0.2) is 0 Å². The number of nitrogen functional groups attached to an aromatic ring is 1. The molecule has 4 heteroatoms. The van der Waals surface area contributed by atoms with Crippen molar-refractivity contribution in [1.82, 2.24) is 10.3 Å². The summed E-state index contributed by atoms with van der Waals surface area (Å²) in [4.78, 5) is 15.3. The number of nitrogens with one attached hydrogen (secondary N) is 2. The van der Waals surface area contributed by atoms with Crippen molar-refractivity contribution in [2.24, 2.45) is 0 Å². The molecule has 0 radical (unpaired) electrons. The van der Waals surface area contributed by atoms with E-state index in [1.807, 2.05) is 38.1 Å². The summed E-state index contributed by atoms with van der Waals surface area (Å²) >= 11 is 0. The summed E-state index contributed by atoms with van der Waals surface area (Å²) in [6.07, 6.45) is 1.99. The molecule has 1 aromatic heterocycles. The average molecular weight is 259 g/mol. The Bertz CT molecular complexity index is 598. The van der Waals surface area contributed by atoms with Gasteiger partial charge in [0, 0.05) is 22.1 Å². The van der Waals surface area contributed by atoms with Crippen molar-refractivity contribution in [3.05, 3.63) is 30.0 Å². The van der Waals surface area contributed by atoms with Gasteiger partial charge in [0.1, 0.15) is 5.69 Å². The highest BCUT2D eigenvalue weighted by Gasteiger charge is 2.21. The predicted octanol–water partition coefficient (Wildman–Crippen LogP) is 3.06. The molecule has 102 valence electrons. The Morgan fingerprint density at radius 3 is 2.79 bits per heavy atom. The Balaban J connectivity index is 2.22. The van der Waals surface area contributed by atoms with E-state index in [0.717, 1.165) is 23.7 Å². The number of rotatable bonds is 4. The van der Waals surface area contributed by atoms with Gasteiger partial charge in [0.25, 0.3) is 5.91 Å². The van der Waals surface area contributed by atoms with Crippen LogP contribution in [-0.2, 0) is 0 Å². The molecule has 0 bridgehead atoms. The molecular weight excluding hydrogens is 238 g/mol. The maximum atomic E-state index is 12.2. The molecule has 0 saturated heterocycles. The lowest BCUT2D eigenvalue weighted by Gasteiger charge is -2.25. The van der Waals surface area contributed by atoms with Gasteiger partial charge >= 0.3 is 0 Å². The number of hydrogen-bond acceptors (Lipinski definition) is 2. The maximum absolute atomic E-state index is 12.2. The first-order valence-corrected chi connectivity index (χ1v) is 6.62. The molecule has 0 atom stereocenters. The number of anilines is 1. The lowest BCUT2D eigenvalue weighted by atomic mass is 9.99. The third kappa shape index (κ3) is 3.08. The van der Waals surface area contributed by atoms with Crippen LogP contribution in [0.1, 0.15) is 44.1 Å². The molecule has 1 heterocycles. The van der Waals surface area contributed by atoms with Gasteiger partial charge in [-0.1, -0.05) is 13.3 Å². The summed E-state index contributed by atoms with van der Waals surface area (Å²) < 4.78 is 0. The molecule has 0 aliphatic carbocycles. The number of carbonyl (C=O) groups excluding carboxylic acids is 1. The van der Waals surface area contributed by atoms with E-state index in [1.165, 1.54) is 0 Å². The van der Waals surface area contributed by atoms with Crippen LogP contribution < -0.4 is 11.1 Å². The van der Waals surface area contributed by atoms with E-state index in [2.05, 4.69) is 17.2 Å². The Morgan fingerprint density at radius 2 is 2.11 bits per heavy atom. The molecular formula is C15H21N3O. The number of H-pyrrole nitrogens is 1. The SMILES string of the molecule is CCCC(C)(C)NC(=O)c1cc2cc(N)ccc2[nH]1. The smallest absolute Gasteiger partial charge is 0.268 e. The minimum absolute atomic E-state index is 0.0757. The van der Waals surface area contributed by atoms with Crippen LogP contribution in [0.15, 0.2) is 24.3 Å². The Hall–Kier alpha value is -1.97. The number of benzene rings is 1. The summed E-state index contributed by atoms with van der Waals surface area (Å²) in [5, 5.41) is 4.00. The first-order valence-electron chi connectivity index (χ1n) is 6.62. The summed E-state index contributed by atoms with van der Waals surface area (Å²) in [5.41, 5.74) is 7.74. The molecule has 19 heavy (non-hydrogen) atoms. The second-order valence-electron chi connectivity index (χ2n) is 5.62. The number of amides is 1. The second kappa shape index (κ2) is 4.96. The number of aromatic nitrogens is 1. The average Bonchev–Trinajstić information content (AvgIpc) is 2.71. The van der Waals surface area contributed by atoms with E-state index in [1.54, 1.807) is 0 Å². The molecule has 0 fully saturated rings. The number of fused-ring (bicyclic) bond motifs is 1. The van der Waals surface area contributed by atoms with Gasteiger partial charge in [-0.3, -0.25) is 4.79 Å². The van der Waals surface area contributed by atoms with Crippen LogP contribution in [0.4, 0.5) is 5.69 Å². The zero-order valence-electron chi connectivity index (χ0n) is 11.7. The van der Waals surface area contributed by atoms with Crippen molar-refractivity contribution in [3.63, 3.8) is 0 Å². The summed E-state index contributed by atoms with van der Waals surface area (Å²) in [6, 6.07) is 7.41. The van der Waals surface area contributed by atoms with Crippen molar-refractivity contribution in [2.75, 3.05) is 5.73 Å². The molecule has 0 spiro atoms. The molecule has 2 aromatic rings. The zero-order chi connectivity index (χ0) is 14.0. The first kappa shape index (κ1) is 13.5. The Labute approximate surface area is 113 Å². The Morgan fingerprint density at radius 1 is 1.37 bits per heavy atom. The van der Waals surface area contributed by atoms with E-state index < -0.39 is 0 Å². The molecule has 1 amide bonds. The minimum atomic E-state index is -0.192. The van der Waals surface area contributed by atoms with Crippen LogP contribution in [0.25, 0.3) is 10.9 Å². The first-order chi connectivity index (χ1) is 8.91. The quantitative estimate of drug-likeness (QED) is 0.738. The summed E-state index contributed by atoms with van der Waals surface area (Å²) in [6.45, 7) is 6.18. The minimum Gasteiger partial charge on any atom is -0.399 e. The molecule has 4 nitrogen and oxygen atoms in total. The standard InChI is InChI=1S/C15H21N3O/c1-4-7-15(2,3)18-14(19)13-9-10-8-11(16)5-6-12(10)17-13/h5-6,8-9,17H,4,7,16H2,1-3H3,(H,18,19). The lowest BCUT2D eigenvalue weighted by Crippen LogP contribution is -2.43. The fraction of sp³-hybridized carbons (Fsp3) is 0.400. The van der Waals surface area contributed by atoms with Gasteiger partial charge in [-0.05, 0) is 44.5 Å². The zero-order valence-corrected chi connectivity index (χ0v) is 11.7. The van der Waals surface area contributed by atoms with Gasteiger partial charge in [0.05, 0.1) is 0 Å². The lowest BCUT2D eigenvalue weighted by molar-refractivity contribution is 0.0904. The molecule has 1 aromatic carbocycles. The van der Waals surface area contributed by atoms with Crippen LogP contribution in [0.2, 0.25) is 0 Å². The highest BCUT2D eigenvalue weighted by molar-refractivity contribution is 5.98. The normalized spacial score (nSPS) is 11.7. The van der Waals surface area contributed by atoms with E-state index in [9.17, 15) is 4.79 Å². The summed E-state index contributed by atoms with van der Waals surface area (Å²) in [5.74, 6) is -0.0757. The molecule has 2 rings (SSSR count). The van der Waals surface area contributed by atoms with E-state index in [4.69, 9.17) is 5.73 Å². The van der Waals surface area contributed by atoms with E-state index in [-0.39, 0.29) is 11.4 Å². The third-order valence-corrected chi connectivity index (χ3v) is 3.22. The van der Waals surface area contributed by atoms with Crippen molar-refractivity contribution < 1.29 is 4.79 Å². The monoisotopic (exact) mass is 259 g/mol. The molecule has 4 N–H and O–H groups in total. The largest absolute Gasteiger partial charge is 0.399 e. The van der Waals surface area contributed by atoms with Crippen LogP contribution in [0, 0.1) is 0 Å². The number of aromatic amines is 1. The van der Waals surface area contributed by atoms with Gasteiger partial charge in [0.2, 0.25) is 0 Å². The highest BCUT2D eigenvalue weighted by atomic mass is 16.2. The summed E-state index contributed by atoms with van der Waals surface area (Å²) in [7, 11) is 0. The second-order valence-corrected chi connectivity index (χ2v) is 5.62. The Kier molecular flexibility index (Phi) is 3.51. The van der Waals surface area contributed by atoms with Crippen LogP contribution >= 0.6 is 0 Å². The van der Waals surface area contributed by atoms with Gasteiger partial charge in [-0.15, -0.1) is 0 Å². The van der Waals surface area contributed by atoms with E-state index in [0.29, 0.717) is 11.4 Å². The third-order valence-electron chi connectivity index (χ3n) is 3.22. The fourth-order valence-corrected chi connectivity index (χ4v) is 2.34. The molecule has 0 aliphatic rings. The van der Waals surface area contributed by atoms with Gasteiger partial charge < -0.3 is 16.0 Å². The number of nitrogens with two attached hydrogens (primary N) is 1. The fourth-order valence-electron chi connectivity index (χ4n) is 2.34. The van der Waals surface area contributed by atoms with Crippen molar-refractivity contribution in [1.29, 1.82) is 0 Å². The van der Waals surface area contributed by atoms with Crippen LogP contribution in [0.5, 0.6) is 0 Å². The topological polar surface area (TPSA) is 70.9 Å². The van der Waals surface area contributed by atoms with Crippen molar-refractivity contribution in [2.45, 2.75) is 39.2 Å². The maximum Gasteiger partial charge on any atom is 0.268 e. The number of carbonyl (C=O) groups is 1. The van der Waals surface area contributed by atoms with Gasteiger partial charge in [-0.25, -0.2) is 0 Å². The predicted molar refractivity (Wildman–Crippen MR) is 79.2 cm³/mol. The van der Waals surface area contributed by atoms with Crippen molar-refractivity contribution >= 4 is 22.5 Å². The van der Waals surface area contributed by atoms with Crippen molar-refractivity contribution in [3.8, 4) is 0 Å². The highest BCUT2D eigenvalue weighted by Crippen LogP contribution is 2.19.